The molecule has 2 unspecified atom stereocenters. The van der Waals surface area contributed by atoms with E-state index < -0.39 is 11.4 Å². The highest BCUT2D eigenvalue weighted by Crippen LogP contribution is 2.32. The fourth-order valence-electron chi connectivity index (χ4n) is 2.39. The van der Waals surface area contributed by atoms with Crippen molar-refractivity contribution in [3.8, 4) is 0 Å². The highest BCUT2D eigenvalue weighted by atomic mass is 16.7. The van der Waals surface area contributed by atoms with Crippen molar-refractivity contribution in [2.75, 3.05) is 13.2 Å². The van der Waals surface area contributed by atoms with Gasteiger partial charge in [0.2, 0.25) is 0 Å². The summed E-state index contributed by atoms with van der Waals surface area (Å²) in [4.78, 5) is 13.8. The lowest BCUT2D eigenvalue weighted by atomic mass is 10.1. The van der Waals surface area contributed by atoms with E-state index in [-0.39, 0.29) is 18.2 Å². The first-order chi connectivity index (χ1) is 12.8. The molecule has 0 spiro atoms. The van der Waals surface area contributed by atoms with Gasteiger partial charge in [0.25, 0.3) is 0 Å². The van der Waals surface area contributed by atoms with Gasteiger partial charge in [0, 0.05) is 6.54 Å². The van der Waals surface area contributed by atoms with Gasteiger partial charge in [-0.2, -0.15) is 0 Å². The summed E-state index contributed by atoms with van der Waals surface area (Å²) in [6, 6.07) is -0.0205. The molecule has 5 heteroatoms. The van der Waals surface area contributed by atoms with Crippen LogP contribution >= 0.6 is 0 Å². The van der Waals surface area contributed by atoms with Gasteiger partial charge in [0.05, 0.1) is 18.8 Å². The van der Waals surface area contributed by atoms with Crippen molar-refractivity contribution in [3.05, 3.63) is 12.7 Å². The lowest BCUT2D eigenvalue weighted by Crippen LogP contribution is -2.52. The topological polar surface area (TPSA) is 48.0 Å². The largest absolute Gasteiger partial charge is 0.444 e. The summed E-state index contributed by atoms with van der Waals surface area (Å²) in [5.41, 5.74) is -0.467. The van der Waals surface area contributed by atoms with Gasteiger partial charge in [-0.25, -0.2) is 4.79 Å². The van der Waals surface area contributed by atoms with Gasteiger partial charge in [-0.1, -0.05) is 47.6 Å². The summed E-state index contributed by atoms with van der Waals surface area (Å²) < 4.78 is 16.9. The van der Waals surface area contributed by atoms with Gasteiger partial charge in [0.1, 0.15) is 5.60 Å². The van der Waals surface area contributed by atoms with Crippen LogP contribution in [0.15, 0.2) is 12.7 Å². The molecule has 2 heterocycles. The van der Waals surface area contributed by atoms with Crippen molar-refractivity contribution in [1.82, 2.24) is 4.90 Å². The molecule has 0 aromatic rings. The number of nitrogens with zero attached hydrogens (tertiary/aromatic N) is 1. The predicted molar refractivity (Wildman–Crippen MR) is 119 cm³/mol. The highest BCUT2D eigenvalue weighted by Gasteiger charge is 2.46. The van der Waals surface area contributed by atoms with E-state index in [1.807, 2.05) is 54.5 Å². The first-order valence-electron chi connectivity index (χ1n) is 10.7. The van der Waals surface area contributed by atoms with E-state index in [4.69, 9.17) is 14.2 Å². The Morgan fingerprint density at radius 2 is 1.75 bits per heavy atom. The summed E-state index contributed by atoms with van der Waals surface area (Å²) in [5, 5.41) is 0. The van der Waals surface area contributed by atoms with Crippen molar-refractivity contribution in [2.24, 2.45) is 5.92 Å². The number of amides is 1. The van der Waals surface area contributed by atoms with Crippen molar-refractivity contribution in [1.29, 1.82) is 0 Å². The van der Waals surface area contributed by atoms with Gasteiger partial charge in [-0.05, 0) is 53.4 Å². The van der Waals surface area contributed by atoms with E-state index in [0.29, 0.717) is 13.2 Å². The van der Waals surface area contributed by atoms with Crippen LogP contribution in [0.3, 0.4) is 0 Å². The summed E-state index contributed by atoms with van der Waals surface area (Å²) in [6.07, 6.45) is 3.58. The molecule has 5 nitrogen and oxygen atoms in total. The number of carbonyl (C=O) groups is 1. The van der Waals surface area contributed by atoms with Crippen LogP contribution in [-0.2, 0) is 14.2 Å². The minimum Gasteiger partial charge on any atom is -0.444 e. The molecule has 2 rings (SSSR count). The first kappa shape index (κ1) is 29.1. The maximum absolute atomic E-state index is 12.1. The molecule has 2 aliphatic heterocycles. The van der Waals surface area contributed by atoms with Crippen molar-refractivity contribution in [3.63, 3.8) is 0 Å². The van der Waals surface area contributed by atoms with Crippen LogP contribution in [0.5, 0.6) is 0 Å². The minimum atomic E-state index is -0.550. The number of hydrogen-bond acceptors (Lipinski definition) is 4. The normalized spacial score (nSPS) is 22.4. The standard InChI is InChI=1S/C13H23NO4.C4H10.C4H8.C2H6/c1-12(2,3)18-11(15)14-7-6-10-9(14)8-16-13(4,5)17-10;1-4(2)3;1-3-4-2;1-2/h9-10H,6-8H2,1-5H3;4H,1-3H3;3H,1,4H2,2H3;1-2H3. The molecule has 0 aromatic heterocycles. The maximum Gasteiger partial charge on any atom is 0.410 e. The second-order valence-corrected chi connectivity index (χ2v) is 8.83. The third-order valence-corrected chi connectivity index (χ3v) is 3.44. The van der Waals surface area contributed by atoms with Crippen molar-refractivity contribution < 1.29 is 19.0 Å². The zero-order valence-corrected chi connectivity index (χ0v) is 20.4. The number of ether oxygens (including phenoxy) is 3. The fourth-order valence-corrected chi connectivity index (χ4v) is 2.39. The highest BCUT2D eigenvalue weighted by molar-refractivity contribution is 5.69. The van der Waals surface area contributed by atoms with Gasteiger partial charge in [0.15, 0.2) is 5.79 Å². The summed E-state index contributed by atoms with van der Waals surface area (Å²) in [7, 11) is 0. The van der Waals surface area contributed by atoms with Crippen molar-refractivity contribution >= 4 is 6.09 Å². The maximum atomic E-state index is 12.1. The Balaban J connectivity index is 0. The molecular formula is C23H47NO4. The molecule has 0 bridgehead atoms. The van der Waals surface area contributed by atoms with Crippen LogP contribution < -0.4 is 0 Å². The molecule has 0 aliphatic carbocycles. The lowest BCUT2D eigenvalue weighted by molar-refractivity contribution is -0.281. The average Bonchev–Trinajstić information content (AvgIpc) is 2.96. The van der Waals surface area contributed by atoms with Gasteiger partial charge in [-0.3, -0.25) is 0 Å². The Morgan fingerprint density at radius 1 is 1.29 bits per heavy atom. The molecule has 28 heavy (non-hydrogen) atoms. The quantitative estimate of drug-likeness (QED) is 0.476. The molecular weight excluding hydrogens is 354 g/mol. The zero-order chi connectivity index (χ0) is 22.5. The molecule has 2 aliphatic rings. The molecule has 0 radical (unpaired) electrons. The second-order valence-electron chi connectivity index (χ2n) is 8.83. The number of fused-ring (bicyclic) bond motifs is 1. The Hall–Kier alpha value is -1.07. The zero-order valence-electron chi connectivity index (χ0n) is 20.4. The minimum absolute atomic E-state index is 0.0205. The van der Waals surface area contributed by atoms with E-state index in [0.717, 1.165) is 18.8 Å². The first-order valence-corrected chi connectivity index (χ1v) is 10.7. The van der Waals surface area contributed by atoms with E-state index in [9.17, 15) is 4.79 Å². The second kappa shape index (κ2) is 14.0. The van der Waals surface area contributed by atoms with Crippen LogP contribution in [-0.4, -0.2) is 47.7 Å². The van der Waals surface area contributed by atoms with Gasteiger partial charge in [-0.15, -0.1) is 6.58 Å². The fraction of sp³-hybridized carbons (Fsp3) is 0.870. The molecule has 2 atom stereocenters. The Kier molecular flexibility index (Phi) is 14.6. The van der Waals surface area contributed by atoms with Crippen LogP contribution in [0.25, 0.3) is 0 Å². The lowest BCUT2D eigenvalue weighted by Gasteiger charge is -2.40. The Morgan fingerprint density at radius 3 is 2.14 bits per heavy atom. The average molecular weight is 402 g/mol. The van der Waals surface area contributed by atoms with E-state index in [1.165, 1.54) is 0 Å². The van der Waals surface area contributed by atoms with E-state index >= 15 is 0 Å². The summed E-state index contributed by atoms with van der Waals surface area (Å²) >= 11 is 0. The van der Waals surface area contributed by atoms with Crippen molar-refractivity contribution in [2.45, 2.75) is 113 Å². The van der Waals surface area contributed by atoms with Gasteiger partial charge >= 0.3 is 6.09 Å². The Labute approximate surface area is 174 Å². The number of allylic oxidation sites excluding steroid dienone is 1. The number of rotatable bonds is 1. The van der Waals surface area contributed by atoms with Crippen LogP contribution in [0.1, 0.15) is 89.0 Å². The SMILES string of the molecule is C=CCC.CC.CC(C)(C)OC(=O)N1CCC2OC(C)(C)OCC21.CC(C)C. The van der Waals surface area contributed by atoms with Crippen LogP contribution in [0, 0.1) is 5.92 Å². The molecule has 0 aromatic carbocycles. The van der Waals surface area contributed by atoms with Crippen LogP contribution in [0.2, 0.25) is 0 Å². The van der Waals surface area contributed by atoms with Crippen LogP contribution in [0.4, 0.5) is 4.79 Å². The molecule has 0 saturated carbocycles. The number of carbonyl (C=O) groups excluding carboxylic acids is 1. The smallest absolute Gasteiger partial charge is 0.410 e. The number of hydrogen-bond donors (Lipinski definition) is 0. The summed E-state index contributed by atoms with van der Waals surface area (Å²) in [6.45, 7) is 26.6. The third kappa shape index (κ3) is 13.2. The predicted octanol–water partition coefficient (Wildman–Crippen LogP) is 6.42. The molecule has 2 fully saturated rings. The monoisotopic (exact) mass is 401 g/mol. The van der Waals surface area contributed by atoms with E-state index in [2.05, 4.69) is 34.3 Å². The molecule has 2 saturated heterocycles. The molecule has 1 amide bonds. The summed E-state index contributed by atoms with van der Waals surface area (Å²) in [5.74, 6) is 0.283. The van der Waals surface area contributed by atoms with E-state index in [1.54, 1.807) is 4.90 Å². The third-order valence-electron chi connectivity index (χ3n) is 3.44. The molecule has 0 N–H and O–H groups in total. The Bertz CT molecular complexity index is 424. The van der Waals surface area contributed by atoms with Gasteiger partial charge < -0.3 is 19.1 Å². The molecule has 168 valence electrons. The number of likely N-dealkylation sites (tertiary alicyclic amines) is 1.